The lowest BCUT2D eigenvalue weighted by Crippen LogP contribution is -2.55. The van der Waals surface area contributed by atoms with E-state index in [1.54, 1.807) is 30.1 Å². The van der Waals surface area contributed by atoms with E-state index in [0.29, 0.717) is 25.5 Å². The molecule has 0 radical (unpaired) electrons. The molecule has 1 amide bonds. The maximum atomic E-state index is 12.8. The molecule has 1 aliphatic heterocycles. The Bertz CT molecular complexity index is 1180. The number of hydrogen-bond acceptors (Lipinski definition) is 5. The number of benzene rings is 1. The van der Waals surface area contributed by atoms with Crippen LogP contribution in [-0.2, 0) is 18.0 Å². The molecule has 3 heterocycles. The van der Waals surface area contributed by atoms with E-state index in [1.807, 2.05) is 11.8 Å². The van der Waals surface area contributed by atoms with Gasteiger partial charge in [0.1, 0.15) is 5.82 Å². The van der Waals surface area contributed by atoms with Crippen molar-refractivity contribution < 1.29 is 18.0 Å². The second-order valence-electron chi connectivity index (χ2n) is 7.86. The largest absolute Gasteiger partial charge is 0.417 e. The molecule has 4 rings (SSSR count). The fraction of sp³-hybridized carbons (Fsp3) is 0.381. The first-order chi connectivity index (χ1) is 15.1. The van der Waals surface area contributed by atoms with Gasteiger partial charge >= 0.3 is 11.9 Å². The molecular weight excluding hydrogens is 425 g/mol. The van der Waals surface area contributed by atoms with Crippen LogP contribution in [0.3, 0.4) is 0 Å². The van der Waals surface area contributed by atoms with Crippen molar-refractivity contribution in [3.8, 4) is 0 Å². The Morgan fingerprint density at radius 3 is 2.69 bits per heavy atom. The van der Waals surface area contributed by atoms with Crippen molar-refractivity contribution in [3.63, 3.8) is 0 Å². The van der Waals surface area contributed by atoms with E-state index in [4.69, 9.17) is 0 Å². The molecule has 0 bridgehead atoms. The fourth-order valence-corrected chi connectivity index (χ4v) is 3.89. The van der Waals surface area contributed by atoms with E-state index in [0.717, 1.165) is 29.0 Å². The number of imidazole rings is 1. The Balaban J connectivity index is 1.36. The van der Waals surface area contributed by atoms with E-state index in [9.17, 15) is 22.8 Å². The van der Waals surface area contributed by atoms with Gasteiger partial charge < -0.3 is 20.1 Å². The summed E-state index contributed by atoms with van der Waals surface area (Å²) < 4.78 is 39.7. The molecular formula is C21H23F3N6O2. The topological polar surface area (TPSA) is 86.3 Å². The van der Waals surface area contributed by atoms with Gasteiger partial charge in [0.2, 0.25) is 5.91 Å². The number of nitrogens with one attached hydrogen (secondary N) is 2. The highest BCUT2D eigenvalue weighted by Gasteiger charge is 2.32. The zero-order chi connectivity index (χ0) is 23.0. The highest BCUT2D eigenvalue weighted by molar-refractivity contribution is 5.84. The average molecular weight is 448 g/mol. The summed E-state index contributed by atoms with van der Waals surface area (Å²) in [6.07, 6.45) is -3.59. The van der Waals surface area contributed by atoms with Crippen molar-refractivity contribution in [2.24, 2.45) is 7.05 Å². The Labute approximate surface area is 181 Å². The van der Waals surface area contributed by atoms with E-state index >= 15 is 0 Å². The Morgan fingerprint density at radius 1 is 1.25 bits per heavy atom. The molecule has 1 aromatic carbocycles. The standard InChI is InChI=1S/C21H23F3N6O2/c1-13-12-29(18-6-3-14(10-26-18)21(22,23)24)7-8-30(13)19(31)11-25-15-4-5-16-17(9-15)28(2)20(32)27-16/h3-6,9-10,13,25H,7-8,11-12H2,1-2H3,(H,27,32)/t13-/m1/s1. The van der Waals surface area contributed by atoms with E-state index in [-0.39, 0.29) is 24.2 Å². The molecule has 0 unspecified atom stereocenters. The number of aromatic nitrogens is 3. The zero-order valence-electron chi connectivity index (χ0n) is 17.6. The molecule has 170 valence electrons. The van der Waals surface area contributed by atoms with E-state index in [2.05, 4.69) is 15.3 Å². The number of amides is 1. The minimum Gasteiger partial charge on any atom is -0.376 e. The van der Waals surface area contributed by atoms with Gasteiger partial charge in [-0.05, 0) is 37.3 Å². The summed E-state index contributed by atoms with van der Waals surface area (Å²) in [4.78, 5) is 34.8. The summed E-state index contributed by atoms with van der Waals surface area (Å²) in [5, 5.41) is 3.10. The van der Waals surface area contributed by atoms with Gasteiger partial charge in [-0.3, -0.25) is 9.36 Å². The van der Waals surface area contributed by atoms with Crippen molar-refractivity contribution in [3.05, 3.63) is 52.6 Å². The minimum atomic E-state index is -4.42. The highest BCUT2D eigenvalue weighted by atomic mass is 19.4. The molecule has 0 aliphatic carbocycles. The molecule has 3 aromatic rings. The number of aromatic amines is 1. The molecule has 1 fully saturated rings. The number of rotatable bonds is 4. The van der Waals surface area contributed by atoms with Crippen LogP contribution in [0.2, 0.25) is 0 Å². The lowest BCUT2D eigenvalue weighted by Gasteiger charge is -2.40. The van der Waals surface area contributed by atoms with Gasteiger partial charge in [0.05, 0.1) is 23.1 Å². The minimum absolute atomic E-state index is 0.0828. The van der Waals surface area contributed by atoms with Crippen molar-refractivity contribution in [2.75, 3.05) is 36.4 Å². The Kier molecular flexibility index (Phi) is 5.57. The van der Waals surface area contributed by atoms with Crippen LogP contribution in [0.25, 0.3) is 11.0 Å². The highest BCUT2D eigenvalue weighted by Crippen LogP contribution is 2.29. The number of pyridine rings is 1. The molecule has 11 heteroatoms. The summed E-state index contributed by atoms with van der Waals surface area (Å²) in [7, 11) is 1.67. The van der Waals surface area contributed by atoms with Crippen LogP contribution in [0.15, 0.2) is 41.3 Å². The van der Waals surface area contributed by atoms with Crippen LogP contribution in [0, 0.1) is 0 Å². The van der Waals surface area contributed by atoms with Crippen molar-refractivity contribution in [1.29, 1.82) is 0 Å². The third-order valence-corrected chi connectivity index (χ3v) is 5.70. The number of H-pyrrole nitrogens is 1. The first-order valence-electron chi connectivity index (χ1n) is 10.1. The first kappa shape index (κ1) is 21.7. The summed E-state index contributed by atoms with van der Waals surface area (Å²) in [6.45, 7) is 3.38. The van der Waals surface area contributed by atoms with Gasteiger partial charge in [0.15, 0.2) is 0 Å². The van der Waals surface area contributed by atoms with Gasteiger partial charge in [0.25, 0.3) is 0 Å². The number of carbonyl (C=O) groups excluding carboxylic acids is 1. The van der Waals surface area contributed by atoms with E-state index in [1.165, 1.54) is 10.6 Å². The van der Waals surface area contributed by atoms with Gasteiger partial charge in [-0.15, -0.1) is 0 Å². The monoisotopic (exact) mass is 448 g/mol. The zero-order valence-corrected chi connectivity index (χ0v) is 17.6. The number of halogens is 3. The molecule has 2 N–H and O–H groups in total. The van der Waals surface area contributed by atoms with Gasteiger partial charge in [-0.25, -0.2) is 9.78 Å². The lowest BCUT2D eigenvalue weighted by atomic mass is 10.1. The number of hydrogen-bond donors (Lipinski definition) is 2. The summed E-state index contributed by atoms with van der Waals surface area (Å²) in [5.41, 5.74) is 1.18. The van der Waals surface area contributed by atoms with Crippen molar-refractivity contribution in [1.82, 2.24) is 19.4 Å². The average Bonchev–Trinajstić information content (AvgIpc) is 3.04. The second-order valence-corrected chi connectivity index (χ2v) is 7.86. The molecule has 2 aromatic heterocycles. The first-order valence-corrected chi connectivity index (χ1v) is 10.1. The molecule has 32 heavy (non-hydrogen) atoms. The molecule has 0 saturated carbocycles. The number of alkyl halides is 3. The number of anilines is 2. The molecule has 1 saturated heterocycles. The van der Waals surface area contributed by atoms with Crippen molar-refractivity contribution in [2.45, 2.75) is 19.1 Å². The Morgan fingerprint density at radius 2 is 2.03 bits per heavy atom. The number of carbonyl (C=O) groups is 1. The molecule has 8 nitrogen and oxygen atoms in total. The van der Waals surface area contributed by atoms with E-state index < -0.39 is 11.7 Å². The van der Waals surface area contributed by atoms with Crippen LogP contribution in [0.4, 0.5) is 24.7 Å². The normalized spacial score (nSPS) is 17.1. The predicted octanol–water partition coefficient (Wildman–Crippen LogP) is 2.43. The van der Waals surface area contributed by atoms with Gasteiger partial charge in [-0.2, -0.15) is 13.2 Å². The number of aryl methyl sites for hydroxylation is 1. The number of piperazine rings is 1. The third kappa shape index (κ3) is 4.27. The van der Waals surface area contributed by atoms with Crippen LogP contribution < -0.4 is 15.9 Å². The van der Waals surface area contributed by atoms with Crippen LogP contribution in [0.1, 0.15) is 12.5 Å². The van der Waals surface area contributed by atoms with Crippen molar-refractivity contribution >= 4 is 28.4 Å². The second kappa shape index (κ2) is 8.21. The Hall–Kier alpha value is -3.50. The lowest BCUT2D eigenvalue weighted by molar-refractivity contribution is -0.138. The fourth-order valence-electron chi connectivity index (χ4n) is 3.89. The maximum absolute atomic E-state index is 12.8. The molecule has 0 spiro atoms. The van der Waals surface area contributed by atoms with Crippen LogP contribution in [0.5, 0.6) is 0 Å². The number of fused-ring (bicyclic) bond motifs is 1. The maximum Gasteiger partial charge on any atom is 0.417 e. The smallest absolute Gasteiger partial charge is 0.376 e. The molecule has 1 atom stereocenters. The van der Waals surface area contributed by atoms with Crippen LogP contribution in [-0.4, -0.2) is 57.6 Å². The summed E-state index contributed by atoms with van der Waals surface area (Å²) in [6, 6.07) is 7.63. The molecule has 1 aliphatic rings. The quantitative estimate of drug-likeness (QED) is 0.640. The van der Waals surface area contributed by atoms with Crippen LogP contribution >= 0.6 is 0 Å². The van der Waals surface area contributed by atoms with Gasteiger partial charge in [-0.1, -0.05) is 0 Å². The third-order valence-electron chi connectivity index (χ3n) is 5.70. The summed E-state index contributed by atoms with van der Waals surface area (Å²) in [5.74, 6) is 0.376. The summed E-state index contributed by atoms with van der Waals surface area (Å²) >= 11 is 0. The van der Waals surface area contributed by atoms with Gasteiger partial charge in [0, 0.05) is 44.6 Å². The number of nitrogens with zero attached hydrogens (tertiary/aromatic N) is 4. The predicted molar refractivity (Wildman–Crippen MR) is 115 cm³/mol. The SMILES string of the molecule is C[C@@H]1CN(c2ccc(C(F)(F)F)cn2)CCN1C(=O)CNc1ccc2[nH]c(=O)n(C)c2c1.